The third-order valence-corrected chi connectivity index (χ3v) is 6.87. The van der Waals surface area contributed by atoms with Crippen molar-refractivity contribution in [1.82, 2.24) is 14.7 Å². The van der Waals surface area contributed by atoms with Crippen molar-refractivity contribution in [3.8, 4) is 0 Å². The van der Waals surface area contributed by atoms with Crippen molar-refractivity contribution in [2.75, 3.05) is 38.5 Å². The zero-order valence-electron chi connectivity index (χ0n) is 15.4. The Bertz CT molecular complexity index is 764. The second-order valence-corrected chi connectivity index (χ2v) is 8.66. The molecule has 9 heteroatoms. The van der Waals surface area contributed by atoms with Crippen LogP contribution in [0, 0.1) is 0 Å². The predicted molar refractivity (Wildman–Crippen MR) is 109 cm³/mol. The summed E-state index contributed by atoms with van der Waals surface area (Å²) in [7, 11) is 0. The fourth-order valence-electron chi connectivity index (χ4n) is 3.21. The minimum atomic E-state index is -0.283. The van der Waals surface area contributed by atoms with E-state index in [9.17, 15) is 19.2 Å². The van der Waals surface area contributed by atoms with Gasteiger partial charge in [0.2, 0.25) is 23.6 Å². The van der Waals surface area contributed by atoms with Gasteiger partial charge in [0.05, 0.1) is 0 Å². The smallest absolute Gasteiger partial charge is 0.242 e. The number of imide groups is 1. The number of likely N-dealkylation sites (tertiary alicyclic amines) is 1. The van der Waals surface area contributed by atoms with Gasteiger partial charge in [-0.3, -0.25) is 24.1 Å². The summed E-state index contributed by atoms with van der Waals surface area (Å²) in [5, 5.41) is 0. The number of nitrogens with zero attached hydrogens (tertiary/aromatic N) is 3. The van der Waals surface area contributed by atoms with Gasteiger partial charge in [0.25, 0.3) is 0 Å². The average Bonchev–Trinajstić information content (AvgIpc) is 3.01. The van der Waals surface area contributed by atoms with Gasteiger partial charge in [-0.05, 0) is 28.1 Å². The van der Waals surface area contributed by atoms with Crippen LogP contribution >= 0.6 is 27.7 Å². The molecule has 4 amide bonds. The summed E-state index contributed by atoms with van der Waals surface area (Å²) >= 11 is 5.13. The van der Waals surface area contributed by atoms with E-state index in [1.54, 1.807) is 21.6 Å². The van der Waals surface area contributed by atoms with E-state index in [1.807, 2.05) is 24.3 Å². The molecule has 0 atom stereocenters. The molecular weight excluding hydrogens is 446 g/mol. The molecule has 1 aromatic rings. The first-order valence-electron chi connectivity index (χ1n) is 9.22. The highest BCUT2D eigenvalue weighted by molar-refractivity contribution is 9.10. The molecule has 2 saturated heterocycles. The molecule has 1 aromatic carbocycles. The lowest BCUT2D eigenvalue weighted by atomic mass is 10.2. The van der Waals surface area contributed by atoms with Gasteiger partial charge < -0.3 is 9.80 Å². The highest BCUT2D eigenvalue weighted by Gasteiger charge is 2.32. The highest BCUT2D eigenvalue weighted by atomic mass is 79.9. The predicted octanol–water partition coefficient (Wildman–Crippen LogP) is 1.75. The largest absolute Gasteiger partial charge is 0.339 e. The number of amides is 4. The van der Waals surface area contributed by atoms with Gasteiger partial charge in [0.15, 0.2) is 0 Å². The lowest BCUT2D eigenvalue weighted by Gasteiger charge is -2.35. The minimum Gasteiger partial charge on any atom is -0.339 e. The molecule has 2 heterocycles. The quantitative estimate of drug-likeness (QED) is 0.470. The van der Waals surface area contributed by atoms with Gasteiger partial charge in [0.1, 0.15) is 6.54 Å². The summed E-state index contributed by atoms with van der Waals surface area (Å²) < 4.78 is 1.02. The van der Waals surface area contributed by atoms with Gasteiger partial charge in [-0.2, -0.15) is 0 Å². The van der Waals surface area contributed by atoms with Crippen molar-refractivity contribution < 1.29 is 19.2 Å². The second kappa shape index (κ2) is 9.56. The van der Waals surface area contributed by atoms with Crippen LogP contribution in [-0.2, 0) is 19.2 Å². The van der Waals surface area contributed by atoms with E-state index in [2.05, 4.69) is 15.9 Å². The Kier molecular flexibility index (Phi) is 7.12. The summed E-state index contributed by atoms with van der Waals surface area (Å²) in [6.07, 6.45) is 0.814. The third kappa shape index (κ3) is 5.14. The van der Waals surface area contributed by atoms with E-state index in [1.165, 1.54) is 0 Å². The van der Waals surface area contributed by atoms with Crippen molar-refractivity contribution >= 4 is 51.3 Å². The molecule has 2 fully saturated rings. The van der Waals surface area contributed by atoms with E-state index in [4.69, 9.17) is 0 Å². The maximum Gasteiger partial charge on any atom is 0.242 e. The summed E-state index contributed by atoms with van der Waals surface area (Å²) in [6, 6.07) is 7.91. The van der Waals surface area contributed by atoms with E-state index < -0.39 is 0 Å². The molecule has 3 rings (SSSR count). The molecule has 0 aromatic heterocycles. The molecule has 0 radical (unpaired) electrons. The van der Waals surface area contributed by atoms with Crippen LogP contribution in [0.3, 0.4) is 0 Å². The van der Waals surface area contributed by atoms with Gasteiger partial charge in [-0.1, -0.05) is 12.1 Å². The number of rotatable bonds is 6. The molecular formula is C19H22BrN3O4S. The van der Waals surface area contributed by atoms with Crippen LogP contribution in [0.25, 0.3) is 0 Å². The van der Waals surface area contributed by atoms with Crippen LogP contribution in [0.4, 0.5) is 0 Å². The van der Waals surface area contributed by atoms with Crippen LogP contribution in [0.2, 0.25) is 0 Å². The van der Waals surface area contributed by atoms with Crippen LogP contribution in [0.1, 0.15) is 19.3 Å². The van der Waals surface area contributed by atoms with Crippen molar-refractivity contribution in [1.29, 1.82) is 0 Å². The highest BCUT2D eigenvalue weighted by Crippen LogP contribution is 2.27. The lowest BCUT2D eigenvalue weighted by molar-refractivity contribution is -0.147. The van der Waals surface area contributed by atoms with Crippen molar-refractivity contribution in [3.63, 3.8) is 0 Å². The molecule has 0 unspecified atom stereocenters. The van der Waals surface area contributed by atoms with Gasteiger partial charge in [-0.15, -0.1) is 11.8 Å². The number of piperazine rings is 1. The maximum absolute atomic E-state index is 12.4. The monoisotopic (exact) mass is 467 g/mol. The van der Waals surface area contributed by atoms with E-state index in [-0.39, 0.29) is 43.0 Å². The second-order valence-electron chi connectivity index (χ2n) is 6.66. The number of hydrogen-bond acceptors (Lipinski definition) is 5. The standard InChI is InChI=1S/C19H22BrN3O4S/c20-14-3-1-2-4-15(14)28-12-7-16(24)21-8-10-22(11-9-21)19(27)13-23-17(25)5-6-18(23)26/h1-4H,5-13H2. The molecule has 0 bridgehead atoms. The average molecular weight is 468 g/mol. The van der Waals surface area contributed by atoms with Gasteiger partial charge in [-0.25, -0.2) is 0 Å². The Labute approximate surface area is 176 Å². The molecule has 0 N–H and O–H groups in total. The lowest BCUT2D eigenvalue weighted by Crippen LogP contribution is -2.53. The minimum absolute atomic E-state index is 0.0801. The SMILES string of the molecule is O=C(CCSc1ccccc1Br)N1CCN(C(=O)CN2C(=O)CCC2=O)CC1. The Hall–Kier alpha value is -1.87. The molecule has 7 nitrogen and oxygen atoms in total. The Balaban J connectivity index is 1.40. The number of hydrogen-bond donors (Lipinski definition) is 0. The number of thioether (sulfide) groups is 1. The van der Waals surface area contributed by atoms with E-state index in [0.717, 1.165) is 14.3 Å². The Morgan fingerprint density at radius 1 is 0.929 bits per heavy atom. The van der Waals surface area contributed by atoms with E-state index in [0.29, 0.717) is 38.4 Å². The summed E-state index contributed by atoms with van der Waals surface area (Å²) in [5.41, 5.74) is 0. The summed E-state index contributed by atoms with van der Waals surface area (Å²) in [6.45, 7) is 1.63. The fourth-order valence-corrected chi connectivity index (χ4v) is 4.71. The zero-order valence-corrected chi connectivity index (χ0v) is 17.8. The topological polar surface area (TPSA) is 78.0 Å². The van der Waals surface area contributed by atoms with Gasteiger partial charge in [0, 0.05) is 60.6 Å². The zero-order chi connectivity index (χ0) is 20.1. The fraction of sp³-hybridized carbons (Fsp3) is 0.474. The normalized spacial score (nSPS) is 17.4. The molecule has 0 spiro atoms. The summed E-state index contributed by atoms with van der Waals surface area (Å²) in [4.78, 5) is 53.6. The van der Waals surface area contributed by atoms with Crippen LogP contribution in [0.15, 0.2) is 33.6 Å². The van der Waals surface area contributed by atoms with Crippen molar-refractivity contribution in [3.05, 3.63) is 28.7 Å². The molecule has 0 saturated carbocycles. The number of carbonyl (C=O) groups is 4. The Morgan fingerprint density at radius 3 is 2.11 bits per heavy atom. The summed E-state index contributed by atoms with van der Waals surface area (Å²) in [5.74, 6) is -0.0269. The van der Waals surface area contributed by atoms with Crippen LogP contribution < -0.4 is 0 Å². The molecule has 150 valence electrons. The molecule has 0 aliphatic carbocycles. The van der Waals surface area contributed by atoms with Crippen LogP contribution in [0.5, 0.6) is 0 Å². The molecule has 2 aliphatic rings. The Morgan fingerprint density at radius 2 is 1.50 bits per heavy atom. The molecule has 28 heavy (non-hydrogen) atoms. The van der Waals surface area contributed by atoms with E-state index >= 15 is 0 Å². The first kappa shape index (κ1) is 20.9. The van der Waals surface area contributed by atoms with Gasteiger partial charge >= 0.3 is 0 Å². The first-order chi connectivity index (χ1) is 13.5. The first-order valence-corrected chi connectivity index (χ1v) is 11.0. The third-order valence-electron chi connectivity index (χ3n) is 4.84. The maximum atomic E-state index is 12.4. The number of halogens is 1. The van der Waals surface area contributed by atoms with Crippen LogP contribution in [-0.4, -0.2) is 76.8 Å². The van der Waals surface area contributed by atoms with Crippen molar-refractivity contribution in [2.24, 2.45) is 0 Å². The number of benzene rings is 1. The van der Waals surface area contributed by atoms with Crippen molar-refractivity contribution in [2.45, 2.75) is 24.2 Å². The number of carbonyl (C=O) groups excluding carboxylic acids is 4. The molecule has 2 aliphatic heterocycles.